The van der Waals surface area contributed by atoms with E-state index in [1.54, 1.807) is 14.7 Å². The zero-order valence-electron chi connectivity index (χ0n) is 79.0. The number of aromatic nitrogens is 6. The summed E-state index contributed by atoms with van der Waals surface area (Å²) in [5, 5.41) is 28.8. The van der Waals surface area contributed by atoms with Crippen molar-refractivity contribution in [3.63, 3.8) is 0 Å². The average Bonchev–Trinajstić information content (AvgIpc) is 0.879. The van der Waals surface area contributed by atoms with Gasteiger partial charge in [0, 0.05) is 110 Å². The van der Waals surface area contributed by atoms with Gasteiger partial charge in [0.05, 0.1) is 55.6 Å². The second-order valence-electron chi connectivity index (χ2n) is 41.1. The molecule has 698 valence electrons. The first kappa shape index (κ1) is 93.8. The van der Waals surface area contributed by atoms with Gasteiger partial charge in [0.15, 0.2) is 17.3 Å². The highest BCUT2D eigenvalue weighted by molar-refractivity contribution is 6.05. The Bertz CT molecular complexity index is 5530. The molecular formula is C103H130N18O11. The third-order valence-electron chi connectivity index (χ3n) is 29.9. The van der Waals surface area contributed by atoms with Gasteiger partial charge in [0.1, 0.15) is 65.6 Å². The maximum atomic E-state index is 14.6. The van der Waals surface area contributed by atoms with Crippen LogP contribution in [-0.2, 0) is 52.8 Å². The summed E-state index contributed by atoms with van der Waals surface area (Å²) in [7, 11) is 6.31. The van der Waals surface area contributed by atoms with Gasteiger partial charge in [-0.25, -0.2) is 9.59 Å². The van der Waals surface area contributed by atoms with E-state index < -0.39 is 39.6 Å². The highest BCUT2D eigenvalue weighted by Gasteiger charge is 2.53. The molecule has 3 spiro atoms. The number of likely N-dealkylation sites (N-methyl/N-ethyl adjacent to an activating group) is 3. The lowest BCUT2D eigenvalue weighted by molar-refractivity contribution is -0.128. The first-order chi connectivity index (χ1) is 63.3. The molecular weight excluding hydrogens is 1670 g/mol. The van der Waals surface area contributed by atoms with Crippen molar-refractivity contribution >= 4 is 58.5 Å². The molecule has 6 fully saturated rings. The number of nitriles is 3. The molecule has 0 bridgehead atoms. The molecule has 29 heteroatoms. The Hall–Kier alpha value is -11.5. The standard InChI is InChI=1S/C35H46N6O4.C35H44N6O4.C33H40N6O3/c2*1-23-19-35(20-24-9-6-7-11-27(23)24)14-12-28-29(30(35)42)37-32(44-22-26-10-8-16-39(26)5)38-31(28)40-17-18-41(25(21-40)13-15-36)33(43)45-34(2,3)4;1-4-28(40)39-17-16-38(20-24(39)12-14-34)31-27-11-13-33(18-22(2)26-10-6-5-8-23(26)19-33)30(41)29(27)35-32(36-31)42-21-25-9-7-15-37(25)3/h6-7,9,11,23,25-26H,8,10,12-14,16-22H2,1-5H3;6-7,9,11,25-26H,1,8,10,12-14,16-22H2,2-5H3;4-6,8,10,22,24-25H,1,7,9,11-13,15-21H2,2-3H3/t23?,25-,26-,35-;25-,26-,35-;22?,24-,25-,33-/m000/s1. The highest BCUT2D eigenvalue weighted by atomic mass is 16.6. The average molecular weight is 1800 g/mol. The van der Waals surface area contributed by atoms with Crippen LogP contribution in [0.4, 0.5) is 27.0 Å². The number of hydrogen-bond acceptors (Lipinski definition) is 26. The van der Waals surface area contributed by atoms with E-state index in [4.69, 9.17) is 53.6 Å². The third kappa shape index (κ3) is 19.7. The molecule has 9 heterocycles. The maximum absolute atomic E-state index is 14.6. The lowest BCUT2D eigenvalue weighted by Crippen LogP contribution is -2.56. The van der Waals surface area contributed by atoms with Crippen LogP contribution in [0.1, 0.15) is 245 Å². The number of carbonyl (C=O) groups is 6. The van der Waals surface area contributed by atoms with Crippen LogP contribution in [0, 0.1) is 50.2 Å². The number of nitrogens with zero attached hydrogens (tertiary/aromatic N) is 18. The molecule has 6 saturated heterocycles. The number of fused-ring (bicyclic) bond motifs is 6. The first-order valence-electron chi connectivity index (χ1n) is 47.8. The topological polar surface area (TPSA) is 326 Å². The molecule has 6 aromatic rings. The molecule has 12 aliphatic rings. The lowest BCUT2D eigenvalue weighted by Gasteiger charge is -2.44. The van der Waals surface area contributed by atoms with Crippen LogP contribution >= 0.6 is 0 Å². The first-order valence-corrected chi connectivity index (χ1v) is 47.8. The fourth-order valence-electron chi connectivity index (χ4n) is 23.0. The van der Waals surface area contributed by atoms with Crippen molar-refractivity contribution < 1.29 is 52.5 Å². The predicted molar refractivity (Wildman–Crippen MR) is 501 cm³/mol. The number of hydrogen-bond donors (Lipinski definition) is 0. The molecule has 3 amide bonds. The Labute approximate surface area is 777 Å². The third-order valence-corrected chi connectivity index (χ3v) is 29.9. The minimum Gasteiger partial charge on any atom is -0.462 e. The second kappa shape index (κ2) is 39.0. The van der Waals surface area contributed by atoms with Crippen LogP contribution < -0.4 is 28.9 Å². The highest BCUT2D eigenvalue weighted by Crippen LogP contribution is 2.54. The number of allylic oxidation sites excluding steroid dienone is 1. The summed E-state index contributed by atoms with van der Waals surface area (Å²) in [5.74, 6) is 2.65. The predicted octanol–water partition coefficient (Wildman–Crippen LogP) is 14.1. The van der Waals surface area contributed by atoms with E-state index in [-0.39, 0.29) is 103 Å². The van der Waals surface area contributed by atoms with Crippen LogP contribution in [0.15, 0.2) is 92.0 Å². The summed E-state index contributed by atoms with van der Waals surface area (Å²) in [6.45, 7) is 31.9. The number of anilines is 3. The number of ether oxygens (including phenoxy) is 5. The maximum Gasteiger partial charge on any atom is 0.410 e. The number of benzene rings is 3. The van der Waals surface area contributed by atoms with Crippen molar-refractivity contribution in [3.05, 3.63) is 159 Å². The molecule has 0 radical (unpaired) electrons. The van der Waals surface area contributed by atoms with Gasteiger partial charge >= 0.3 is 30.2 Å². The van der Waals surface area contributed by atoms with E-state index in [2.05, 4.69) is 156 Å². The summed E-state index contributed by atoms with van der Waals surface area (Å²) in [4.78, 5) is 130. The largest absolute Gasteiger partial charge is 0.462 e. The Morgan fingerprint density at radius 1 is 0.455 bits per heavy atom. The summed E-state index contributed by atoms with van der Waals surface area (Å²) >= 11 is 0. The van der Waals surface area contributed by atoms with Gasteiger partial charge in [-0.2, -0.15) is 45.7 Å². The van der Waals surface area contributed by atoms with Crippen LogP contribution in [-0.4, -0.2) is 262 Å². The van der Waals surface area contributed by atoms with Gasteiger partial charge in [0.2, 0.25) is 5.91 Å². The van der Waals surface area contributed by atoms with Gasteiger partial charge in [-0.15, -0.1) is 0 Å². The molecule has 18 rings (SSSR count). The number of carbonyl (C=O) groups excluding carboxylic acids is 6. The van der Waals surface area contributed by atoms with Crippen molar-refractivity contribution in [2.45, 2.75) is 250 Å². The van der Waals surface area contributed by atoms with Crippen molar-refractivity contribution in [1.29, 1.82) is 15.8 Å². The monoisotopic (exact) mass is 1800 g/mol. The minimum atomic E-state index is -0.641. The van der Waals surface area contributed by atoms with Crippen LogP contribution in [0.5, 0.6) is 18.0 Å². The summed E-state index contributed by atoms with van der Waals surface area (Å²) < 4.78 is 30.1. The van der Waals surface area contributed by atoms with E-state index in [1.165, 1.54) is 28.3 Å². The molecule has 0 saturated carbocycles. The Morgan fingerprint density at radius 3 is 1.16 bits per heavy atom. The van der Waals surface area contributed by atoms with Gasteiger partial charge in [0.25, 0.3) is 0 Å². The minimum absolute atomic E-state index is 0.0202. The fourth-order valence-corrected chi connectivity index (χ4v) is 23.0. The van der Waals surface area contributed by atoms with Gasteiger partial charge in [-0.1, -0.05) is 99.8 Å². The van der Waals surface area contributed by atoms with E-state index in [0.717, 1.165) is 124 Å². The zero-order chi connectivity index (χ0) is 93.3. The van der Waals surface area contributed by atoms with E-state index in [1.807, 2.05) is 53.7 Å². The van der Waals surface area contributed by atoms with Crippen LogP contribution in [0.25, 0.3) is 5.57 Å². The Morgan fingerprint density at radius 2 is 0.795 bits per heavy atom. The molecule has 3 aromatic carbocycles. The number of Topliss-reactive ketones (excluding diaryl/α,β-unsaturated/α-hetero) is 3. The number of rotatable bonds is 16. The summed E-state index contributed by atoms with van der Waals surface area (Å²) in [5.41, 5.74) is 9.49. The fraction of sp³-hybridized carbons (Fsp3) is 0.583. The molecule has 11 atom stereocenters. The molecule has 132 heavy (non-hydrogen) atoms. The number of ketones is 3. The second-order valence-corrected chi connectivity index (χ2v) is 41.1. The Kier molecular flexibility index (Phi) is 27.7. The quantitative estimate of drug-likeness (QED) is 0.0812. The molecule has 6 aliphatic carbocycles. The molecule has 29 nitrogen and oxygen atoms in total. The van der Waals surface area contributed by atoms with Crippen LogP contribution in [0.3, 0.4) is 0 Å². The smallest absolute Gasteiger partial charge is 0.410 e. The molecule has 6 aliphatic heterocycles. The van der Waals surface area contributed by atoms with Gasteiger partial charge in [-0.3, -0.25) is 19.2 Å². The number of amides is 3. The van der Waals surface area contributed by atoms with E-state index >= 15 is 0 Å². The van der Waals surface area contributed by atoms with Crippen molar-refractivity contribution in [2.24, 2.45) is 16.2 Å². The molecule has 0 N–H and O–H groups in total. The van der Waals surface area contributed by atoms with Gasteiger partial charge < -0.3 is 67.8 Å². The Balaban J connectivity index is 0.000000145. The summed E-state index contributed by atoms with van der Waals surface area (Å²) in [6.07, 6.45) is 16.0. The normalized spacial score (nSPS) is 26.4. The summed E-state index contributed by atoms with van der Waals surface area (Å²) in [6, 6.07) is 32.4. The lowest BCUT2D eigenvalue weighted by atomic mass is 9.60. The molecule has 2 unspecified atom stereocenters. The zero-order valence-corrected chi connectivity index (χ0v) is 79.0. The number of likely N-dealkylation sites (tertiary alicyclic amines) is 3. The SMILES string of the molecule is C=C1C[C@@]2(CCc3c(nc(OC[C@@H]4CCCN4C)nc3N3CCN(C(=O)OC(C)(C)C)[C@@H](CC#N)C3)C2=O)Cc2ccccc21.C=CC(=O)N1CCN(c2nc(OC[C@@H]3CCCN3C)nc3c2CC[C@]2(Cc4ccccc4C(C)C2)C3=O)C[C@@H]1CC#N.CC1C[C@@]2(CCc3c(nc(OC[C@@H]4CCCN4C)nc3N3CCN(C(=O)OC(C)(C)C)[C@@H](CC#N)C3)C2=O)Cc2ccccc21. The number of piperazine rings is 3. The molecule has 3 aromatic heterocycles. The van der Waals surface area contributed by atoms with Crippen molar-refractivity contribution in [3.8, 4) is 36.2 Å². The van der Waals surface area contributed by atoms with E-state index in [9.17, 15) is 44.6 Å². The van der Waals surface area contributed by atoms with Gasteiger partial charge in [-0.05, 0) is 255 Å². The van der Waals surface area contributed by atoms with Crippen molar-refractivity contribution in [2.75, 3.05) is 134 Å². The van der Waals surface area contributed by atoms with E-state index in [0.29, 0.717) is 164 Å². The van der Waals surface area contributed by atoms with Crippen molar-refractivity contribution in [1.82, 2.24) is 59.3 Å². The van der Waals surface area contributed by atoms with Crippen LogP contribution in [0.2, 0.25) is 0 Å².